The summed E-state index contributed by atoms with van der Waals surface area (Å²) in [7, 11) is 1.40. The molecule has 20 heteroatoms. The fraction of sp³-hybridized carbons (Fsp3) is 0.422. The Morgan fingerprint density at radius 1 is 1.00 bits per heavy atom. The van der Waals surface area contributed by atoms with E-state index in [2.05, 4.69) is 24.5 Å². The topological polar surface area (TPSA) is 159 Å². The van der Waals surface area contributed by atoms with Gasteiger partial charge in [0.05, 0.1) is 39.3 Å². The molecule has 0 spiro atoms. The standard InChI is InChI=1S/C45H50F3N8O7PS/c1-29(2)56(30(3)4)64(61-24-23-50-5)63-36-26-38(55-28-51-39-40(55)52-43(54-42(57)45(46,47)48)53-41(39)65-25-11-22-49)62-37(36)27-60-44(31-12-9-8-10-13-31,32-14-18-34(58-6)19-15-32)33-16-20-35(59-7)21-17-33/h8-10,12-21,28-30,36-38H,11,23-27H2,1-4,6-7H3,(H,52,53,54,57)/t36?,37-,38-,64?/m1/s1. The van der Waals surface area contributed by atoms with Gasteiger partial charge in [-0.3, -0.25) is 14.7 Å². The van der Waals surface area contributed by atoms with Crippen LogP contribution in [0.5, 0.6) is 11.5 Å². The lowest BCUT2D eigenvalue weighted by Gasteiger charge is -2.39. The molecule has 1 fully saturated rings. The number of nitrogens with zero attached hydrogens (tertiary/aromatic N) is 7. The van der Waals surface area contributed by atoms with Crippen molar-refractivity contribution in [3.05, 3.63) is 113 Å². The summed E-state index contributed by atoms with van der Waals surface area (Å²) < 4.78 is 82.6. The van der Waals surface area contributed by atoms with Gasteiger partial charge in [-0.1, -0.05) is 54.6 Å². The van der Waals surface area contributed by atoms with Gasteiger partial charge in [-0.2, -0.15) is 23.4 Å². The Hall–Kier alpha value is -5.37. The highest BCUT2D eigenvalue weighted by molar-refractivity contribution is 7.99. The minimum absolute atomic E-state index is 0.0191. The Morgan fingerprint density at radius 2 is 1.62 bits per heavy atom. The second-order valence-corrected chi connectivity index (χ2v) is 17.7. The monoisotopic (exact) mass is 934 g/mol. The number of nitrogens with one attached hydrogen (secondary N) is 1. The molecule has 3 aromatic carbocycles. The fourth-order valence-electron chi connectivity index (χ4n) is 7.44. The van der Waals surface area contributed by atoms with E-state index >= 15 is 0 Å². The molecule has 15 nitrogen and oxygen atoms in total. The molecule has 5 aromatic rings. The molecular formula is C45H50F3N8O7PS. The number of halogens is 3. The minimum atomic E-state index is -5.21. The number of alkyl halides is 3. The van der Waals surface area contributed by atoms with E-state index in [0.717, 1.165) is 28.5 Å². The van der Waals surface area contributed by atoms with Gasteiger partial charge in [-0.05, 0) is 68.7 Å². The third-order valence-corrected chi connectivity index (χ3v) is 13.5. The van der Waals surface area contributed by atoms with Gasteiger partial charge in [0.15, 0.2) is 5.65 Å². The zero-order chi connectivity index (χ0) is 46.7. The molecule has 0 saturated carbocycles. The molecule has 3 heterocycles. The smallest absolute Gasteiger partial charge is 0.471 e. The third-order valence-electron chi connectivity index (χ3n) is 10.3. The normalized spacial score (nSPS) is 17.0. The maximum atomic E-state index is 13.4. The van der Waals surface area contributed by atoms with Crippen molar-refractivity contribution in [1.29, 1.82) is 5.26 Å². The molecule has 0 bridgehead atoms. The average molecular weight is 935 g/mol. The van der Waals surface area contributed by atoms with Gasteiger partial charge >= 0.3 is 12.1 Å². The predicted molar refractivity (Wildman–Crippen MR) is 239 cm³/mol. The lowest BCUT2D eigenvalue weighted by molar-refractivity contribution is -0.167. The lowest BCUT2D eigenvalue weighted by Crippen LogP contribution is -2.39. The molecule has 4 atom stereocenters. The number of thioether (sulfide) groups is 1. The van der Waals surface area contributed by atoms with Gasteiger partial charge in [0.25, 0.3) is 8.53 Å². The van der Waals surface area contributed by atoms with Crippen LogP contribution in [0.3, 0.4) is 0 Å². The van der Waals surface area contributed by atoms with E-state index in [-0.39, 0.29) is 66.6 Å². The van der Waals surface area contributed by atoms with Crippen molar-refractivity contribution in [2.75, 3.05) is 45.0 Å². The van der Waals surface area contributed by atoms with Crippen LogP contribution in [0.2, 0.25) is 0 Å². The first-order valence-electron chi connectivity index (χ1n) is 20.7. The quantitative estimate of drug-likeness (QED) is 0.0185. The van der Waals surface area contributed by atoms with Crippen molar-refractivity contribution in [3.63, 3.8) is 0 Å². The molecule has 1 saturated heterocycles. The summed E-state index contributed by atoms with van der Waals surface area (Å²) in [6.45, 7) is 15.7. The van der Waals surface area contributed by atoms with Crippen molar-refractivity contribution in [2.24, 2.45) is 0 Å². The largest absolute Gasteiger partial charge is 0.497 e. The number of nitriles is 1. The summed E-state index contributed by atoms with van der Waals surface area (Å²) in [5.41, 5.74) is 1.45. The van der Waals surface area contributed by atoms with E-state index < -0.39 is 50.6 Å². The molecule has 0 aliphatic carbocycles. The van der Waals surface area contributed by atoms with E-state index in [1.807, 2.05) is 113 Å². The lowest BCUT2D eigenvalue weighted by atomic mass is 9.80. The minimum Gasteiger partial charge on any atom is -0.497 e. The first-order chi connectivity index (χ1) is 31.2. The number of fused-ring (bicyclic) bond motifs is 1. The average Bonchev–Trinajstić information content (AvgIpc) is 3.90. The molecule has 2 unspecified atom stereocenters. The Bertz CT molecular complexity index is 2380. The van der Waals surface area contributed by atoms with Crippen LogP contribution < -0.4 is 14.8 Å². The van der Waals surface area contributed by atoms with Crippen LogP contribution in [0.4, 0.5) is 19.1 Å². The van der Waals surface area contributed by atoms with Gasteiger partial charge in [0, 0.05) is 30.7 Å². The molecule has 6 rings (SSSR count). The molecule has 65 heavy (non-hydrogen) atoms. The number of carbonyl (C=O) groups is 1. The Kier molecular flexibility index (Phi) is 16.8. The first-order valence-corrected chi connectivity index (χ1v) is 22.8. The van der Waals surface area contributed by atoms with Crippen molar-refractivity contribution in [2.45, 2.75) is 87.9 Å². The molecule has 1 aliphatic rings. The summed E-state index contributed by atoms with van der Waals surface area (Å²) in [6.07, 6.45) is -5.90. The van der Waals surface area contributed by atoms with Crippen LogP contribution in [0.1, 0.15) is 63.5 Å². The number of anilines is 1. The number of carbonyl (C=O) groups excluding carboxylic acids is 1. The van der Waals surface area contributed by atoms with Crippen LogP contribution >= 0.6 is 20.3 Å². The van der Waals surface area contributed by atoms with Crippen LogP contribution in [-0.4, -0.2) is 100 Å². The predicted octanol–water partition coefficient (Wildman–Crippen LogP) is 9.31. The first kappa shape index (κ1) is 49.1. The van der Waals surface area contributed by atoms with Gasteiger partial charge in [0.2, 0.25) is 12.5 Å². The number of imidazole rings is 1. The highest BCUT2D eigenvalue weighted by atomic mass is 32.2. The van der Waals surface area contributed by atoms with Crippen molar-refractivity contribution < 1.29 is 46.0 Å². The molecule has 344 valence electrons. The Morgan fingerprint density at radius 3 is 2.17 bits per heavy atom. The van der Waals surface area contributed by atoms with Crippen LogP contribution in [0, 0.1) is 17.9 Å². The van der Waals surface area contributed by atoms with Crippen molar-refractivity contribution >= 4 is 43.3 Å². The summed E-state index contributed by atoms with van der Waals surface area (Å²) in [4.78, 5) is 28.6. The maximum Gasteiger partial charge on any atom is 0.471 e. The van der Waals surface area contributed by atoms with Crippen molar-refractivity contribution in [3.8, 4) is 17.6 Å². The number of ether oxygens (including phenoxy) is 4. The van der Waals surface area contributed by atoms with E-state index in [1.54, 1.807) is 24.1 Å². The SMILES string of the molecule is [C-]#[N+]CCOP(OC1C[C@H](n2cnc3c(SCCC#N)nc(NC(=O)C(F)(F)F)nc32)O[C@@H]1COC(c1ccccc1)(c1ccc(OC)cc1)c1ccc(OC)cc1)N(C(C)C)C(C)C. The molecule has 2 aromatic heterocycles. The number of rotatable bonds is 21. The van der Waals surface area contributed by atoms with Gasteiger partial charge < -0.3 is 32.8 Å². The number of hydrogen-bond acceptors (Lipinski definition) is 13. The molecule has 1 amide bonds. The summed E-state index contributed by atoms with van der Waals surface area (Å²) >= 11 is 1.09. The molecular weight excluding hydrogens is 885 g/mol. The number of hydrogen-bond donors (Lipinski definition) is 1. The number of benzene rings is 3. The van der Waals surface area contributed by atoms with E-state index in [1.165, 1.54) is 6.33 Å². The Balaban J connectivity index is 1.47. The highest BCUT2D eigenvalue weighted by Crippen LogP contribution is 2.51. The van der Waals surface area contributed by atoms with E-state index in [0.29, 0.717) is 11.5 Å². The summed E-state index contributed by atoms with van der Waals surface area (Å²) in [6, 6.07) is 26.9. The zero-order valence-electron chi connectivity index (χ0n) is 36.7. The number of amides is 1. The van der Waals surface area contributed by atoms with Crippen LogP contribution in [0.15, 0.2) is 90.2 Å². The zero-order valence-corrected chi connectivity index (χ0v) is 38.4. The van der Waals surface area contributed by atoms with Gasteiger partial charge in [-0.15, -0.1) is 11.8 Å². The summed E-state index contributed by atoms with van der Waals surface area (Å²) in [5, 5.41) is 11.1. The van der Waals surface area contributed by atoms with Crippen molar-refractivity contribution in [1.82, 2.24) is 24.2 Å². The number of aromatic nitrogens is 4. The number of methoxy groups -OCH3 is 2. The van der Waals surface area contributed by atoms with Gasteiger partial charge in [-0.25, -0.2) is 21.2 Å². The molecule has 0 radical (unpaired) electrons. The van der Waals surface area contributed by atoms with E-state index in [4.69, 9.17) is 34.6 Å². The Labute approximate surface area is 381 Å². The van der Waals surface area contributed by atoms with E-state index in [9.17, 15) is 23.2 Å². The van der Waals surface area contributed by atoms with Crippen LogP contribution in [0.25, 0.3) is 16.0 Å². The molecule has 1 N–H and O–H groups in total. The summed E-state index contributed by atoms with van der Waals surface area (Å²) in [5.74, 6) is -1.30. The fourth-order valence-corrected chi connectivity index (χ4v) is 10.0. The third kappa shape index (κ3) is 11.5. The second kappa shape index (κ2) is 22.2. The molecule has 1 aliphatic heterocycles. The van der Waals surface area contributed by atoms with Crippen LogP contribution in [-0.2, 0) is 28.9 Å². The van der Waals surface area contributed by atoms with Gasteiger partial charge in [0.1, 0.15) is 46.6 Å². The second-order valence-electron chi connectivity index (χ2n) is 15.2. The maximum absolute atomic E-state index is 13.4. The highest BCUT2D eigenvalue weighted by Gasteiger charge is 2.46.